The van der Waals surface area contributed by atoms with Crippen LogP contribution in [0.1, 0.15) is 31.0 Å². The zero-order valence-electron chi connectivity index (χ0n) is 10.5. The van der Waals surface area contributed by atoms with Crippen molar-refractivity contribution in [3.63, 3.8) is 0 Å². The molecular weight excluding hydrogens is 218 g/mol. The number of aryl methyl sites for hydroxylation is 1. The summed E-state index contributed by atoms with van der Waals surface area (Å²) in [6.07, 6.45) is 2.14. The third-order valence-electron chi connectivity index (χ3n) is 2.98. The molecule has 1 aromatic heterocycles. The van der Waals surface area contributed by atoms with Crippen LogP contribution in [0.15, 0.2) is 5.38 Å². The summed E-state index contributed by atoms with van der Waals surface area (Å²) in [5.41, 5.74) is 7.22. The number of hydrogen-bond donors (Lipinski definition) is 2. The van der Waals surface area contributed by atoms with Crippen LogP contribution < -0.4 is 11.1 Å². The molecule has 3 nitrogen and oxygen atoms in total. The summed E-state index contributed by atoms with van der Waals surface area (Å²) in [4.78, 5) is 4.43. The topological polar surface area (TPSA) is 50.9 Å². The summed E-state index contributed by atoms with van der Waals surface area (Å²) in [6, 6.07) is 0.266. The number of nitrogens with one attached hydrogen (secondary N) is 1. The van der Waals surface area contributed by atoms with Crippen molar-refractivity contribution in [2.24, 2.45) is 11.7 Å². The van der Waals surface area contributed by atoms with Gasteiger partial charge in [-0.25, -0.2) is 4.98 Å². The fraction of sp³-hybridized carbons (Fsp3) is 0.750. The molecule has 0 spiro atoms. The van der Waals surface area contributed by atoms with Crippen molar-refractivity contribution in [2.75, 3.05) is 13.1 Å². The molecule has 1 heterocycles. The summed E-state index contributed by atoms with van der Waals surface area (Å²) in [7, 11) is 0. The van der Waals surface area contributed by atoms with Gasteiger partial charge in [-0.2, -0.15) is 0 Å². The Labute approximate surface area is 102 Å². The number of thiazole rings is 1. The van der Waals surface area contributed by atoms with E-state index in [1.165, 1.54) is 5.69 Å². The van der Waals surface area contributed by atoms with E-state index in [0.29, 0.717) is 5.92 Å². The van der Waals surface area contributed by atoms with Gasteiger partial charge in [0.2, 0.25) is 0 Å². The molecule has 0 aliphatic rings. The van der Waals surface area contributed by atoms with Crippen LogP contribution in [0.5, 0.6) is 0 Å². The Morgan fingerprint density at radius 3 is 2.88 bits per heavy atom. The molecule has 92 valence electrons. The van der Waals surface area contributed by atoms with Gasteiger partial charge in [-0.1, -0.05) is 20.3 Å². The van der Waals surface area contributed by atoms with Gasteiger partial charge in [-0.05, 0) is 12.8 Å². The van der Waals surface area contributed by atoms with Crippen LogP contribution in [0.2, 0.25) is 0 Å². The Morgan fingerprint density at radius 1 is 1.56 bits per heavy atom. The van der Waals surface area contributed by atoms with E-state index in [1.54, 1.807) is 11.3 Å². The minimum Gasteiger partial charge on any atom is -0.326 e. The highest BCUT2D eigenvalue weighted by Crippen LogP contribution is 2.08. The van der Waals surface area contributed by atoms with Gasteiger partial charge in [0.1, 0.15) is 0 Å². The predicted molar refractivity (Wildman–Crippen MR) is 70.9 cm³/mol. The molecule has 0 bridgehead atoms. The van der Waals surface area contributed by atoms with E-state index in [2.05, 4.69) is 29.5 Å². The zero-order chi connectivity index (χ0) is 12.0. The first kappa shape index (κ1) is 13.6. The molecule has 0 aliphatic heterocycles. The van der Waals surface area contributed by atoms with Gasteiger partial charge in [-0.15, -0.1) is 11.3 Å². The molecule has 0 fully saturated rings. The second kappa shape index (κ2) is 6.99. The molecule has 4 heteroatoms. The van der Waals surface area contributed by atoms with E-state index in [0.717, 1.165) is 30.9 Å². The lowest BCUT2D eigenvalue weighted by atomic mass is 10.0. The molecule has 1 rings (SSSR count). The van der Waals surface area contributed by atoms with Crippen LogP contribution in [0, 0.1) is 12.8 Å². The minimum absolute atomic E-state index is 0.266. The summed E-state index contributed by atoms with van der Waals surface area (Å²) in [6.45, 7) is 8.30. The van der Waals surface area contributed by atoms with Crippen LogP contribution in [0.25, 0.3) is 0 Å². The molecular formula is C12H23N3S. The Hall–Kier alpha value is -0.450. The molecule has 0 saturated carbocycles. The van der Waals surface area contributed by atoms with E-state index in [4.69, 9.17) is 5.73 Å². The van der Waals surface area contributed by atoms with Crippen molar-refractivity contribution in [1.29, 1.82) is 0 Å². The third kappa shape index (κ3) is 4.60. The SMILES string of the molecule is CCC(C)C(N)CNCCc1csc(C)n1. The standard InChI is InChI=1S/C12H23N3S/c1-4-9(2)12(13)7-14-6-5-11-8-16-10(3)15-11/h8-9,12,14H,4-7,13H2,1-3H3. The van der Waals surface area contributed by atoms with Crippen molar-refractivity contribution < 1.29 is 0 Å². The van der Waals surface area contributed by atoms with Gasteiger partial charge in [0, 0.05) is 30.9 Å². The van der Waals surface area contributed by atoms with E-state index < -0.39 is 0 Å². The van der Waals surface area contributed by atoms with Crippen molar-refractivity contribution in [3.8, 4) is 0 Å². The second-order valence-corrected chi connectivity index (χ2v) is 5.42. The van der Waals surface area contributed by atoms with Crippen LogP contribution >= 0.6 is 11.3 Å². The maximum Gasteiger partial charge on any atom is 0.0897 e. The highest BCUT2D eigenvalue weighted by molar-refractivity contribution is 7.09. The molecule has 0 amide bonds. The average molecular weight is 241 g/mol. The van der Waals surface area contributed by atoms with E-state index in [1.807, 2.05) is 6.92 Å². The molecule has 2 atom stereocenters. The lowest BCUT2D eigenvalue weighted by Crippen LogP contribution is -2.39. The van der Waals surface area contributed by atoms with Crippen LogP contribution in [-0.2, 0) is 6.42 Å². The van der Waals surface area contributed by atoms with E-state index in [-0.39, 0.29) is 6.04 Å². The van der Waals surface area contributed by atoms with Crippen molar-refractivity contribution in [3.05, 3.63) is 16.1 Å². The normalized spacial score (nSPS) is 15.0. The first-order valence-corrected chi connectivity index (χ1v) is 6.88. The Morgan fingerprint density at radius 2 is 2.31 bits per heavy atom. The first-order chi connectivity index (χ1) is 7.63. The molecule has 3 N–H and O–H groups in total. The molecule has 0 aliphatic carbocycles. The van der Waals surface area contributed by atoms with Crippen molar-refractivity contribution >= 4 is 11.3 Å². The number of aromatic nitrogens is 1. The lowest BCUT2D eigenvalue weighted by molar-refractivity contribution is 0.420. The highest BCUT2D eigenvalue weighted by atomic mass is 32.1. The van der Waals surface area contributed by atoms with Gasteiger partial charge < -0.3 is 11.1 Å². The number of rotatable bonds is 7. The minimum atomic E-state index is 0.266. The molecule has 0 saturated heterocycles. The van der Waals surface area contributed by atoms with Gasteiger partial charge in [0.15, 0.2) is 0 Å². The zero-order valence-corrected chi connectivity index (χ0v) is 11.3. The number of nitrogens with two attached hydrogens (primary N) is 1. The Balaban J connectivity index is 2.12. The summed E-state index contributed by atoms with van der Waals surface area (Å²) in [5.74, 6) is 0.592. The molecule has 0 aromatic carbocycles. The molecule has 0 radical (unpaired) electrons. The largest absolute Gasteiger partial charge is 0.326 e. The quantitative estimate of drug-likeness (QED) is 0.718. The summed E-state index contributed by atoms with van der Waals surface area (Å²) < 4.78 is 0. The molecule has 2 unspecified atom stereocenters. The average Bonchev–Trinajstić information content (AvgIpc) is 2.69. The van der Waals surface area contributed by atoms with Crippen molar-refractivity contribution in [2.45, 2.75) is 39.7 Å². The molecule has 16 heavy (non-hydrogen) atoms. The molecule has 1 aromatic rings. The van der Waals surface area contributed by atoms with E-state index >= 15 is 0 Å². The van der Waals surface area contributed by atoms with Gasteiger partial charge in [-0.3, -0.25) is 0 Å². The maximum atomic E-state index is 6.04. The second-order valence-electron chi connectivity index (χ2n) is 4.36. The summed E-state index contributed by atoms with van der Waals surface area (Å²) >= 11 is 1.71. The van der Waals surface area contributed by atoms with Gasteiger partial charge in [0.25, 0.3) is 0 Å². The number of hydrogen-bond acceptors (Lipinski definition) is 4. The van der Waals surface area contributed by atoms with Crippen LogP contribution in [-0.4, -0.2) is 24.1 Å². The number of nitrogens with zero attached hydrogens (tertiary/aromatic N) is 1. The smallest absolute Gasteiger partial charge is 0.0897 e. The highest BCUT2D eigenvalue weighted by Gasteiger charge is 2.09. The monoisotopic (exact) mass is 241 g/mol. The Bertz CT molecular complexity index is 298. The lowest BCUT2D eigenvalue weighted by Gasteiger charge is -2.18. The third-order valence-corrected chi connectivity index (χ3v) is 3.80. The van der Waals surface area contributed by atoms with E-state index in [9.17, 15) is 0 Å². The first-order valence-electron chi connectivity index (χ1n) is 6.00. The van der Waals surface area contributed by atoms with Crippen LogP contribution in [0.3, 0.4) is 0 Å². The fourth-order valence-electron chi connectivity index (χ4n) is 1.51. The fourth-order valence-corrected chi connectivity index (χ4v) is 2.16. The van der Waals surface area contributed by atoms with Crippen LogP contribution in [0.4, 0.5) is 0 Å². The van der Waals surface area contributed by atoms with Gasteiger partial charge in [0.05, 0.1) is 10.7 Å². The summed E-state index contributed by atoms with van der Waals surface area (Å²) in [5, 5.41) is 6.67. The maximum absolute atomic E-state index is 6.04. The Kier molecular flexibility index (Phi) is 5.95. The van der Waals surface area contributed by atoms with Gasteiger partial charge >= 0.3 is 0 Å². The van der Waals surface area contributed by atoms with Crippen molar-refractivity contribution in [1.82, 2.24) is 10.3 Å². The predicted octanol–water partition coefficient (Wildman–Crippen LogP) is 1.96.